The van der Waals surface area contributed by atoms with Crippen LogP contribution in [0.25, 0.3) is 0 Å². The number of aromatic nitrogens is 3. The number of nitrogens with zero attached hydrogens (tertiary/aromatic N) is 3. The number of hydrogen-bond donors (Lipinski definition) is 2. The van der Waals surface area contributed by atoms with Crippen molar-refractivity contribution in [2.75, 3.05) is 11.1 Å². The molecule has 3 aromatic rings. The Balaban J connectivity index is 1.55. The maximum absolute atomic E-state index is 12.3. The van der Waals surface area contributed by atoms with E-state index in [0.29, 0.717) is 32.3 Å². The maximum Gasteiger partial charge on any atom is 0.253 e. The first-order valence-corrected chi connectivity index (χ1v) is 11.2. The van der Waals surface area contributed by atoms with Crippen LogP contribution >= 0.6 is 58.2 Å². The molecular formula is C19H15Cl4N5O2S. The second kappa shape index (κ2) is 10.6. The third-order valence-electron chi connectivity index (χ3n) is 4.07. The highest BCUT2D eigenvalue weighted by Gasteiger charge is 2.15. The number of carbonyl (C=O) groups excluding carboxylic acids is 2. The van der Waals surface area contributed by atoms with E-state index in [-0.39, 0.29) is 34.2 Å². The van der Waals surface area contributed by atoms with E-state index in [4.69, 9.17) is 46.4 Å². The molecule has 2 aromatic carbocycles. The van der Waals surface area contributed by atoms with Crippen LogP contribution < -0.4 is 10.6 Å². The van der Waals surface area contributed by atoms with Crippen molar-refractivity contribution in [3.8, 4) is 0 Å². The summed E-state index contributed by atoms with van der Waals surface area (Å²) in [7, 11) is 1.74. The first-order valence-electron chi connectivity index (χ1n) is 8.74. The number of nitrogens with one attached hydrogen (secondary N) is 2. The number of halogens is 4. The number of carbonyl (C=O) groups is 2. The van der Waals surface area contributed by atoms with Crippen LogP contribution in [-0.2, 0) is 18.4 Å². The van der Waals surface area contributed by atoms with Crippen molar-refractivity contribution >= 4 is 75.7 Å². The summed E-state index contributed by atoms with van der Waals surface area (Å²) in [6.07, 6.45) is 0. The molecule has 2 N–H and O–H groups in total. The third-order valence-corrected chi connectivity index (χ3v) is 6.45. The molecule has 0 radical (unpaired) electrons. The number of hydrogen-bond acceptors (Lipinski definition) is 5. The SMILES string of the molecule is Cn1c(CNC(=O)c2ccccc2Cl)nnc1SCC(=O)Nc1cc(Cl)c(Cl)cc1Cl. The molecule has 0 unspecified atom stereocenters. The minimum atomic E-state index is -0.319. The van der Waals surface area contributed by atoms with Crippen molar-refractivity contribution < 1.29 is 9.59 Å². The van der Waals surface area contributed by atoms with Gasteiger partial charge in [0.05, 0.1) is 43.6 Å². The standard InChI is InChI=1S/C19H15Cl4N5O2S/c1-28-16(8-24-18(30)10-4-2-3-5-11(10)20)26-27-19(28)31-9-17(29)25-15-7-13(22)12(21)6-14(15)23/h2-7H,8-9H2,1H3,(H,24,30)(H,25,29). The van der Waals surface area contributed by atoms with Gasteiger partial charge in [-0.15, -0.1) is 10.2 Å². The Hall–Kier alpha value is -1.97. The van der Waals surface area contributed by atoms with Gasteiger partial charge < -0.3 is 15.2 Å². The van der Waals surface area contributed by atoms with Gasteiger partial charge in [-0.2, -0.15) is 0 Å². The number of thioether (sulfide) groups is 1. The lowest BCUT2D eigenvalue weighted by atomic mass is 10.2. The van der Waals surface area contributed by atoms with Crippen LogP contribution in [0, 0.1) is 0 Å². The van der Waals surface area contributed by atoms with Crippen LogP contribution in [0.5, 0.6) is 0 Å². The molecule has 0 aliphatic carbocycles. The van der Waals surface area contributed by atoms with Gasteiger partial charge in [-0.3, -0.25) is 9.59 Å². The molecule has 0 bridgehead atoms. The van der Waals surface area contributed by atoms with Gasteiger partial charge in [-0.25, -0.2) is 0 Å². The summed E-state index contributed by atoms with van der Waals surface area (Å²) in [4.78, 5) is 24.5. The summed E-state index contributed by atoms with van der Waals surface area (Å²) in [5.41, 5.74) is 0.737. The van der Waals surface area contributed by atoms with E-state index >= 15 is 0 Å². The van der Waals surface area contributed by atoms with Gasteiger partial charge in [0.25, 0.3) is 5.91 Å². The third kappa shape index (κ3) is 6.05. The van der Waals surface area contributed by atoms with E-state index in [1.807, 2.05) is 0 Å². The number of amides is 2. The van der Waals surface area contributed by atoms with Crippen molar-refractivity contribution in [2.24, 2.45) is 7.05 Å². The van der Waals surface area contributed by atoms with Crippen molar-refractivity contribution in [3.63, 3.8) is 0 Å². The number of benzene rings is 2. The highest BCUT2D eigenvalue weighted by molar-refractivity contribution is 7.99. The quantitative estimate of drug-likeness (QED) is 0.336. The van der Waals surface area contributed by atoms with E-state index in [9.17, 15) is 9.59 Å². The second-order valence-electron chi connectivity index (χ2n) is 6.20. The minimum Gasteiger partial charge on any atom is -0.345 e. The fourth-order valence-electron chi connectivity index (χ4n) is 2.46. The van der Waals surface area contributed by atoms with Gasteiger partial charge in [0, 0.05) is 7.05 Å². The van der Waals surface area contributed by atoms with Crippen molar-refractivity contribution in [1.29, 1.82) is 0 Å². The zero-order valence-corrected chi connectivity index (χ0v) is 19.8. The zero-order valence-electron chi connectivity index (χ0n) is 16.0. The Bertz CT molecular complexity index is 1140. The molecule has 162 valence electrons. The summed E-state index contributed by atoms with van der Waals surface area (Å²) < 4.78 is 1.69. The van der Waals surface area contributed by atoms with Crippen LogP contribution in [0.1, 0.15) is 16.2 Å². The molecule has 1 aromatic heterocycles. The first-order chi connectivity index (χ1) is 14.8. The molecule has 0 saturated carbocycles. The lowest BCUT2D eigenvalue weighted by Gasteiger charge is -2.09. The average molecular weight is 519 g/mol. The predicted octanol–water partition coefficient (Wildman–Crippen LogP) is 5.09. The van der Waals surface area contributed by atoms with Gasteiger partial charge in [0.1, 0.15) is 0 Å². The smallest absolute Gasteiger partial charge is 0.253 e. The highest BCUT2D eigenvalue weighted by atomic mass is 35.5. The summed E-state index contributed by atoms with van der Waals surface area (Å²) in [6.45, 7) is 0.152. The van der Waals surface area contributed by atoms with E-state index in [1.165, 1.54) is 23.9 Å². The van der Waals surface area contributed by atoms with Crippen LogP contribution in [0.3, 0.4) is 0 Å². The zero-order chi connectivity index (χ0) is 22.5. The van der Waals surface area contributed by atoms with Crippen molar-refractivity contribution in [1.82, 2.24) is 20.1 Å². The van der Waals surface area contributed by atoms with E-state index in [2.05, 4.69) is 20.8 Å². The normalized spacial score (nSPS) is 10.7. The van der Waals surface area contributed by atoms with Gasteiger partial charge >= 0.3 is 0 Å². The van der Waals surface area contributed by atoms with Crippen LogP contribution in [0.2, 0.25) is 20.1 Å². The van der Waals surface area contributed by atoms with E-state index in [0.717, 1.165) is 0 Å². The van der Waals surface area contributed by atoms with Crippen LogP contribution in [0.15, 0.2) is 41.6 Å². The molecule has 0 atom stereocenters. The van der Waals surface area contributed by atoms with Crippen LogP contribution in [-0.4, -0.2) is 32.3 Å². The molecule has 0 fully saturated rings. The second-order valence-corrected chi connectivity index (χ2v) is 8.77. The molecule has 1 heterocycles. The molecule has 7 nitrogen and oxygen atoms in total. The topological polar surface area (TPSA) is 88.9 Å². The minimum absolute atomic E-state index is 0.0640. The average Bonchev–Trinajstić information content (AvgIpc) is 3.08. The Morgan fingerprint density at radius 3 is 2.45 bits per heavy atom. The fourth-order valence-corrected chi connectivity index (χ4v) is 4.00. The van der Waals surface area contributed by atoms with Gasteiger partial charge in [0.2, 0.25) is 5.91 Å². The fraction of sp³-hybridized carbons (Fsp3) is 0.158. The lowest BCUT2D eigenvalue weighted by Crippen LogP contribution is -2.24. The number of rotatable bonds is 7. The largest absolute Gasteiger partial charge is 0.345 e. The molecule has 2 amide bonds. The Kier molecular flexibility index (Phi) is 8.07. The maximum atomic E-state index is 12.3. The number of anilines is 1. The summed E-state index contributed by atoms with van der Waals surface area (Å²) in [6, 6.07) is 9.69. The molecule has 0 aliphatic rings. The summed E-state index contributed by atoms with van der Waals surface area (Å²) >= 11 is 25.1. The Morgan fingerprint density at radius 2 is 1.71 bits per heavy atom. The van der Waals surface area contributed by atoms with Crippen LogP contribution in [0.4, 0.5) is 5.69 Å². The molecule has 31 heavy (non-hydrogen) atoms. The molecule has 12 heteroatoms. The van der Waals surface area contributed by atoms with E-state index in [1.54, 1.807) is 35.9 Å². The monoisotopic (exact) mass is 517 g/mol. The Morgan fingerprint density at radius 1 is 1.00 bits per heavy atom. The van der Waals surface area contributed by atoms with Gasteiger partial charge in [-0.05, 0) is 24.3 Å². The summed E-state index contributed by atoms with van der Waals surface area (Å²) in [5.74, 6) is -0.0347. The highest BCUT2D eigenvalue weighted by Crippen LogP contribution is 2.32. The van der Waals surface area contributed by atoms with Gasteiger partial charge in [-0.1, -0.05) is 70.3 Å². The van der Waals surface area contributed by atoms with Crippen molar-refractivity contribution in [2.45, 2.75) is 11.7 Å². The predicted molar refractivity (Wildman–Crippen MR) is 124 cm³/mol. The van der Waals surface area contributed by atoms with E-state index < -0.39 is 0 Å². The molecule has 3 rings (SSSR count). The first kappa shape index (κ1) is 23.7. The van der Waals surface area contributed by atoms with Crippen molar-refractivity contribution in [3.05, 3.63) is 67.9 Å². The molecular weight excluding hydrogens is 504 g/mol. The molecule has 0 saturated heterocycles. The molecule has 0 aliphatic heterocycles. The lowest BCUT2D eigenvalue weighted by molar-refractivity contribution is -0.113. The summed E-state index contributed by atoms with van der Waals surface area (Å²) in [5, 5.41) is 15.3. The Labute approximate surface area is 202 Å². The molecule has 0 spiro atoms. The van der Waals surface area contributed by atoms with Gasteiger partial charge in [0.15, 0.2) is 11.0 Å².